The van der Waals surface area contributed by atoms with Crippen molar-refractivity contribution in [1.29, 1.82) is 0 Å². The van der Waals surface area contributed by atoms with E-state index in [4.69, 9.17) is 10.5 Å². The van der Waals surface area contributed by atoms with Gasteiger partial charge in [-0.05, 0) is 30.7 Å². The molecule has 1 aromatic carbocycles. The van der Waals surface area contributed by atoms with Crippen molar-refractivity contribution in [1.82, 2.24) is 4.98 Å². The smallest absolute Gasteiger partial charge is 0.252 e. The maximum atomic E-state index is 13.7. The molecule has 0 spiro atoms. The zero-order valence-electron chi connectivity index (χ0n) is 12.5. The molecule has 1 heterocycles. The third kappa shape index (κ3) is 3.25. The number of nitrogens with two attached hydrogens (primary N) is 1. The number of benzene rings is 1. The van der Waals surface area contributed by atoms with Gasteiger partial charge in [-0.1, -0.05) is 0 Å². The first kappa shape index (κ1) is 15.6. The summed E-state index contributed by atoms with van der Waals surface area (Å²) < 4.78 is 18.9. The molecule has 0 atom stereocenters. The Labute approximate surface area is 127 Å². The second-order valence-electron chi connectivity index (χ2n) is 4.69. The van der Waals surface area contributed by atoms with Crippen LogP contribution in [0.3, 0.4) is 0 Å². The Bertz CT molecular complexity index is 719. The lowest BCUT2D eigenvalue weighted by molar-refractivity contribution is 0.100. The fourth-order valence-corrected chi connectivity index (χ4v) is 2.02. The summed E-state index contributed by atoms with van der Waals surface area (Å²) in [5.74, 6) is -0.572. The third-order valence-corrected chi connectivity index (χ3v) is 3.03. The number of ether oxygens (including phenoxy) is 1. The van der Waals surface area contributed by atoms with Crippen molar-refractivity contribution in [2.24, 2.45) is 5.73 Å². The molecule has 7 heteroatoms. The molecule has 0 fully saturated rings. The summed E-state index contributed by atoms with van der Waals surface area (Å²) in [6.07, 6.45) is 0. The monoisotopic (exact) mass is 304 g/mol. The van der Waals surface area contributed by atoms with Crippen LogP contribution in [-0.4, -0.2) is 25.0 Å². The number of hydrogen-bond donors (Lipinski definition) is 3. The van der Waals surface area contributed by atoms with Gasteiger partial charge in [-0.15, -0.1) is 0 Å². The average Bonchev–Trinajstić information content (AvgIpc) is 2.47. The van der Waals surface area contributed by atoms with Gasteiger partial charge in [-0.25, -0.2) is 9.37 Å². The highest BCUT2D eigenvalue weighted by Gasteiger charge is 2.15. The van der Waals surface area contributed by atoms with E-state index in [-0.39, 0.29) is 17.2 Å². The summed E-state index contributed by atoms with van der Waals surface area (Å²) >= 11 is 0. The Morgan fingerprint density at radius 1 is 1.27 bits per heavy atom. The molecule has 0 saturated heterocycles. The first-order valence-corrected chi connectivity index (χ1v) is 6.55. The molecule has 6 nitrogen and oxygen atoms in total. The topological polar surface area (TPSA) is 89.3 Å². The van der Waals surface area contributed by atoms with E-state index in [0.717, 1.165) is 11.6 Å². The van der Waals surface area contributed by atoms with E-state index in [1.165, 1.54) is 7.05 Å². The van der Waals surface area contributed by atoms with Crippen LogP contribution in [0.25, 0.3) is 0 Å². The number of primary amides is 1. The highest BCUT2D eigenvalue weighted by Crippen LogP contribution is 2.26. The number of nitrogens with zero attached hydrogens (tertiary/aromatic N) is 1. The highest BCUT2D eigenvalue weighted by molar-refractivity contribution is 5.98. The van der Waals surface area contributed by atoms with Gasteiger partial charge in [-0.2, -0.15) is 0 Å². The molecule has 0 aliphatic heterocycles. The van der Waals surface area contributed by atoms with Gasteiger partial charge in [-0.3, -0.25) is 4.79 Å². The quantitative estimate of drug-likeness (QED) is 0.789. The van der Waals surface area contributed by atoms with Gasteiger partial charge < -0.3 is 21.1 Å². The maximum absolute atomic E-state index is 13.7. The number of rotatable bonds is 5. The van der Waals surface area contributed by atoms with Crippen molar-refractivity contribution in [3.05, 3.63) is 41.2 Å². The summed E-state index contributed by atoms with van der Waals surface area (Å²) in [6, 6.07) is 6.49. The van der Waals surface area contributed by atoms with Crippen LogP contribution in [0, 0.1) is 12.7 Å². The molecule has 0 saturated carbocycles. The van der Waals surface area contributed by atoms with Gasteiger partial charge in [0.25, 0.3) is 5.91 Å². The summed E-state index contributed by atoms with van der Waals surface area (Å²) in [4.78, 5) is 15.5. The molecular formula is C15H17FN4O2. The molecule has 0 aliphatic carbocycles. The van der Waals surface area contributed by atoms with Gasteiger partial charge in [0, 0.05) is 18.8 Å². The molecule has 0 unspecified atom stereocenters. The van der Waals surface area contributed by atoms with Crippen molar-refractivity contribution >= 4 is 23.2 Å². The predicted octanol–water partition coefficient (Wildman–Crippen LogP) is 2.42. The number of carbonyl (C=O) groups excluding carboxylic acids is 1. The van der Waals surface area contributed by atoms with Crippen LogP contribution < -0.4 is 21.1 Å². The molecule has 4 N–H and O–H groups in total. The summed E-state index contributed by atoms with van der Waals surface area (Å²) in [6.45, 7) is 1.90. The number of halogens is 1. The van der Waals surface area contributed by atoms with Crippen LogP contribution in [0.2, 0.25) is 0 Å². The summed E-state index contributed by atoms with van der Waals surface area (Å²) in [5.41, 5.74) is 6.86. The molecule has 2 aromatic rings. The van der Waals surface area contributed by atoms with E-state index < -0.39 is 11.7 Å². The van der Waals surface area contributed by atoms with Gasteiger partial charge in [0.1, 0.15) is 11.6 Å². The SMILES string of the molecule is CNc1nc(Nc2cc(C)cc(OC)c2)c(C(N)=O)cc1F. The van der Waals surface area contributed by atoms with Gasteiger partial charge in [0.05, 0.1) is 12.7 Å². The van der Waals surface area contributed by atoms with Crippen LogP contribution in [0.4, 0.5) is 21.7 Å². The minimum atomic E-state index is -0.767. The molecule has 22 heavy (non-hydrogen) atoms. The van der Waals surface area contributed by atoms with Crippen molar-refractivity contribution in [2.45, 2.75) is 6.92 Å². The lowest BCUT2D eigenvalue weighted by Crippen LogP contribution is -2.16. The predicted molar refractivity (Wildman–Crippen MR) is 83.3 cm³/mol. The van der Waals surface area contributed by atoms with Crippen LogP contribution in [0.1, 0.15) is 15.9 Å². The number of pyridine rings is 1. The number of carbonyl (C=O) groups is 1. The molecule has 1 aromatic heterocycles. The number of hydrogen-bond acceptors (Lipinski definition) is 5. The number of methoxy groups -OCH3 is 1. The fourth-order valence-electron chi connectivity index (χ4n) is 2.02. The molecule has 2 rings (SSSR count). The van der Waals surface area contributed by atoms with E-state index in [1.807, 2.05) is 19.1 Å². The van der Waals surface area contributed by atoms with Crippen LogP contribution >= 0.6 is 0 Å². The standard InChI is InChI=1S/C15H17FN4O2/c1-8-4-9(6-10(5-8)22-3)19-14-11(13(17)21)7-12(16)15(18-2)20-14/h4-7H,1-3H3,(H2,17,21)(H2,18,19,20). The minimum Gasteiger partial charge on any atom is -0.497 e. The normalized spacial score (nSPS) is 10.2. The largest absolute Gasteiger partial charge is 0.497 e. The van der Waals surface area contributed by atoms with Crippen LogP contribution in [0.15, 0.2) is 24.3 Å². The number of aryl methyl sites for hydroxylation is 1. The lowest BCUT2D eigenvalue weighted by atomic mass is 10.2. The fraction of sp³-hybridized carbons (Fsp3) is 0.200. The van der Waals surface area contributed by atoms with E-state index in [1.54, 1.807) is 13.2 Å². The first-order chi connectivity index (χ1) is 10.4. The van der Waals surface area contributed by atoms with E-state index in [0.29, 0.717) is 11.4 Å². The Morgan fingerprint density at radius 3 is 2.59 bits per heavy atom. The molecule has 116 valence electrons. The van der Waals surface area contributed by atoms with E-state index in [2.05, 4.69) is 15.6 Å². The Balaban J connectivity index is 2.48. The number of nitrogens with one attached hydrogen (secondary N) is 2. The van der Waals surface area contributed by atoms with E-state index >= 15 is 0 Å². The second kappa shape index (κ2) is 6.30. The van der Waals surface area contributed by atoms with Gasteiger partial charge in [0.2, 0.25) is 0 Å². The van der Waals surface area contributed by atoms with Crippen molar-refractivity contribution < 1.29 is 13.9 Å². The maximum Gasteiger partial charge on any atom is 0.252 e. The summed E-state index contributed by atoms with van der Waals surface area (Å²) in [5, 5.41) is 5.59. The van der Waals surface area contributed by atoms with Gasteiger partial charge in [0.15, 0.2) is 11.6 Å². The molecule has 0 radical (unpaired) electrons. The number of amides is 1. The van der Waals surface area contributed by atoms with Crippen LogP contribution in [0.5, 0.6) is 5.75 Å². The zero-order valence-corrected chi connectivity index (χ0v) is 12.5. The lowest BCUT2D eigenvalue weighted by Gasteiger charge is -2.13. The Hall–Kier alpha value is -2.83. The third-order valence-electron chi connectivity index (χ3n) is 3.03. The second-order valence-corrected chi connectivity index (χ2v) is 4.69. The molecular weight excluding hydrogens is 287 g/mol. The molecule has 0 bridgehead atoms. The Morgan fingerprint density at radius 2 is 2.00 bits per heavy atom. The van der Waals surface area contributed by atoms with Crippen molar-refractivity contribution in [3.63, 3.8) is 0 Å². The first-order valence-electron chi connectivity index (χ1n) is 6.55. The Kier molecular flexibility index (Phi) is 4.45. The number of aromatic nitrogens is 1. The minimum absolute atomic E-state index is 0.0205. The molecule has 1 amide bonds. The average molecular weight is 304 g/mol. The van der Waals surface area contributed by atoms with Gasteiger partial charge >= 0.3 is 0 Å². The van der Waals surface area contributed by atoms with Crippen molar-refractivity contribution in [3.8, 4) is 5.75 Å². The number of anilines is 3. The van der Waals surface area contributed by atoms with E-state index in [9.17, 15) is 9.18 Å². The van der Waals surface area contributed by atoms with Crippen molar-refractivity contribution in [2.75, 3.05) is 24.8 Å². The zero-order chi connectivity index (χ0) is 16.3. The summed E-state index contributed by atoms with van der Waals surface area (Å²) in [7, 11) is 3.09. The van der Waals surface area contributed by atoms with Crippen LogP contribution in [-0.2, 0) is 0 Å². The highest BCUT2D eigenvalue weighted by atomic mass is 19.1. The molecule has 0 aliphatic rings.